The van der Waals surface area contributed by atoms with Crippen LogP contribution in [0.1, 0.15) is 12.8 Å². The Morgan fingerprint density at radius 1 is 0.895 bits per heavy atom. The molecule has 2 saturated heterocycles. The summed E-state index contributed by atoms with van der Waals surface area (Å²) in [7, 11) is 0. The number of benzene rings is 1. The maximum atomic E-state index is 12.7. The van der Waals surface area contributed by atoms with Crippen LogP contribution in [-0.4, -0.2) is 70.3 Å². The molecule has 0 saturated carbocycles. The molecule has 1 aromatic carbocycles. The first-order chi connectivity index (χ1) is 18.6. The number of fused-ring (bicyclic) bond motifs is 1. The first kappa shape index (κ1) is 24.1. The molecule has 2 aliphatic rings. The first-order valence-corrected chi connectivity index (χ1v) is 12.7. The molecule has 0 radical (unpaired) electrons. The second-order valence-corrected chi connectivity index (χ2v) is 9.35. The zero-order valence-corrected chi connectivity index (χ0v) is 20.8. The van der Waals surface area contributed by atoms with Gasteiger partial charge in [0.2, 0.25) is 11.9 Å². The molecule has 11 heteroatoms. The van der Waals surface area contributed by atoms with Crippen LogP contribution in [0.3, 0.4) is 0 Å². The molecule has 194 valence electrons. The summed E-state index contributed by atoms with van der Waals surface area (Å²) < 4.78 is 10.9. The third kappa shape index (κ3) is 5.11. The van der Waals surface area contributed by atoms with E-state index in [0.29, 0.717) is 61.9 Å². The van der Waals surface area contributed by atoms with Crippen molar-refractivity contribution < 1.29 is 14.3 Å². The zero-order chi connectivity index (χ0) is 25.9. The summed E-state index contributed by atoms with van der Waals surface area (Å²) in [4.78, 5) is 37.6. The molecule has 0 atom stereocenters. The van der Waals surface area contributed by atoms with Crippen molar-refractivity contribution in [2.24, 2.45) is 5.92 Å². The minimum atomic E-state index is -0.0270. The van der Waals surface area contributed by atoms with E-state index >= 15 is 0 Å². The van der Waals surface area contributed by atoms with Crippen molar-refractivity contribution in [2.75, 3.05) is 55.5 Å². The van der Waals surface area contributed by atoms with Crippen LogP contribution in [0.4, 0.5) is 17.5 Å². The SMILES string of the molecule is Nc1ncc(-c2nc(N3CCOCC3)c3ncc(-c4cccc(NC(=O)C5CCOCC5)c4)cc3n2)cn1. The van der Waals surface area contributed by atoms with Crippen LogP contribution in [0, 0.1) is 5.92 Å². The minimum absolute atomic E-state index is 0.0270. The van der Waals surface area contributed by atoms with Gasteiger partial charge in [-0.1, -0.05) is 12.1 Å². The molecule has 38 heavy (non-hydrogen) atoms. The van der Waals surface area contributed by atoms with Crippen LogP contribution >= 0.6 is 0 Å². The standard InChI is InChI=1S/C27H28N8O3/c28-27-30-15-20(16-31-27)24-33-22-13-19(14-29-23(22)25(34-24)35-6-10-38-11-7-35)18-2-1-3-21(12-18)32-26(36)17-4-8-37-9-5-17/h1-3,12-17H,4-11H2,(H,32,36)(H2,28,30,31). The summed E-state index contributed by atoms with van der Waals surface area (Å²) in [6.45, 7) is 3.91. The second kappa shape index (κ2) is 10.6. The van der Waals surface area contributed by atoms with Gasteiger partial charge in [-0.25, -0.2) is 19.9 Å². The van der Waals surface area contributed by atoms with Crippen molar-refractivity contribution in [2.45, 2.75) is 12.8 Å². The van der Waals surface area contributed by atoms with Crippen molar-refractivity contribution in [1.29, 1.82) is 0 Å². The molecule has 2 fully saturated rings. The van der Waals surface area contributed by atoms with Gasteiger partial charge < -0.3 is 25.4 Å². The average Bonchev–Trinajstić information content (AvgIpc) is 2.97. The number of nitrogens with zero attached hydrogens (tertiary/aromatic N) is 6. The number of morpholine rings is 1. The monoisotopic (exact) mass is 512 g/mol. The van der Waals surface area contributed by atoms with Crippen LogP contribution in [0.15, 0.2) is 48.9 Å². The van der Waals surface area contributed by atoms with Gasteiger partial charge in [-0.3, -0.25) is 9.78 Å². The molecular weight excluding hydrogens is 484 g/mol. The third-order valence-electron chi connectivity index (χ3n) is 6.81. The van der Waals surface area contributed by atoms with Gasteiger partial charge in [0.25, 0.3) is 0 Å². The highest BCUT2D eigenvalue weighted by Gasteiger charge is 2.22. The highest BCUT2D eigenvalue weighted by atomic mass is 16.5. The van der Waals surface area contributed by atoms with Gasteiger partial charge in [0.05, 0.1) is 24.3 Å². The van der Waals surface area contributed by atoms with Gasteiger partial charge in [0, 0.05) is 62.1 Å². The normalized spacial score (nSPS) is 16.5. The van der Waals surface area contributed by atoms with E-state index in [0.717, 1.165) is 35.5 Å². The smallest absolute Gasteiger partial charge is 0.227 e. The number of nitrogens with two attached hydrogens (primary N) is 1. The van der Waals surface area contributed by atoms with Crippen LogP contribution in [-0.2, 0) is 14.3 Å². The lowest BCUT2D eigenvalue weighted by molar-refractivity contribution is -0.122. The molecule has 3 N–H and O–H groups in total. The van der Waals surface area contributed by atoms with E-state index in [-0.39, 0.29) is 17.8 Å². The molecule has 1 amide bonds. The minimum Gasteiger partial charge on any atom is -0.381 e. The predicted octanol–water partition coefficient (Wildman–Crippen LogP) is 2.93. The molecule has 0 aliphatic carbocycles. The van der Waals surface area contributed by atoms with E-state index in [1.54, 1.807) is 12.4 Å². The molecule has 3 aromatic heterocycles. The van der Waals surface area contributed by atoms with Crippen molar-refractivity contribution in [1.82, 2.24) is 24.9 Å². The van der Waals surface area contributed by atoms with Crippen molar-refractivity contribution in [3.05, 3.63) is 48.9 Å². The van der Waals surface area contributed by atoms with E-state index in [1.807, 2.05) is 36.5 Å². The zero-order valence-electron chi connectivity index (χ0n) is 20.8. The van der Waals surface area contributed by atoms with Crippen LogP contribution < -0.4 is 16.0 Å². The molecule has 0 spiro atoms. The fourth-order valence-corrected chi connectivity index (χ4v) is 4.72. The van der Waals surface area contributed by atoms with Gasteiger partial charge in [-0.2, -0.15) is 0 Å². The van der Waals surface area contributed by atoms with Crippen molar-refractivity contribution >= 4 is 34.4 Å². The van der Waals surface area contributed by atoms with Gasteiger partial charge >= 0.3 is 0 Å². The summed E-state index contributed by atoms with van der Waals surface area (Å²) in [5, 5.41) is 3.06. The van der Waals surface area contributed by atoms with E-state index in [4.69, 9.17) is 30.2 Å². The van der Waals surface area contributed by atoms with Crippen LogP contribution in [0.2, 0.25) is 0 Å². The number of aromatic nitrogens is 5. The lowest BCUT2D eigenvalue weighted by Crippen LogP contribution is -2.37. The van der Waals surface area contributed by atoms with Gasteiger partial charge in [-0.05, 0) is 36.6 Å². The fourth-order valence-electron chi connectivity index (χ4n) is 4.72. The Hall–Kier alpha value is -4.22. The summed E-state index contributed by atoms with van der Waals surface area (Å²) in [6, 6.07) is 9.77. The number of amides is 1. The number of carbonyl (C=O) groups is 1. The van der Waals surface area contributed by atoms with Gasteiger partial charge in [0.1, 0.15) is 5.52 Å². The number of nitrogen functional groups attached to an aromatic ring is 1. The number of rotatable bonds is 5. The number of pyridine rings is 1. The highest BCUT2D eigenvalue weighted by Crippen LogP contribution is 2.31. The predicted molar refractivity (Wildman–Crippen MR) is 143 cm³/mol. The highest BCUT2D eigenvalue weighted by molar-refractivity contribution is 5.94. The number of ether oxygens (including phenoxy) is 2. The maximum Gasteiger partial charge on any atom is 0.227 e. The van der Waals surface area contributed by atoms with Crippen molar-refractivity contribution in [3.63, 3.8) is 0 Å². The Kier molecular flexibility index (Phi) is 6.76. The molecule has 5 heterocycles. The van der Waals surface area contributed by atoms with Gasteiger partial charge in [0.15, 0.2) is 11.6 Å². The van der Waals surface area contributed by atoms with Gasteiger partial charge in [-0.15, -0.1) is 0 Å². The van der Waals surface area contributed by atoms with Crippen LogP contribution in [0.5, 0.6) is 0 Å². The van der Waals surface area contributed by atoms with E-state index in [2.05, 4.69) is 20.2 Å². The Bertz CT molecular complexity index is 1450. The topological polar surface area (TPSA) is 141 Å². The Morgan fingerprint density at radius 3 is 2.42 bits per heavy atom. The lowest BCUT2D eigenvalue weighted by atomic mass is 9.99. The molecular formula is C27H28N8O3. The summed E-state index contributed by atoms with van der Waals surface area (Å²) in [5.74, 6) is 1.43. The molecule has 4 aromatic rings. The van der Waals surface area contributed by atoms with Crippen molar-refractivity contribution in [3.8, 4) is 22.5 Å². The summed E-state index contributed by atoms with van der Waals surface area (Å²) >= 11 is 0. The quantitative estimate of drug-likeness (QED) is 0.410. The first-order valence-electron chi connectivity index (χ1n) is 12.7. The molecule has 2 aliphatic heterocycles. The molecule has 0 bridgehead atoms. The Labute approximate surface area is 219 Å². The number of nitrogens with one attached hydrogen (secondary N) is 1. The summed E-state index contributed by atoms with van der Waals surface area (Å²) in [6.07, 6.45) is 6.54. The number of carbonyl (C=O) groups excluding carboxylic acids is 1. The van der Waals surface area contributed by atoms with E-state index < -0.39 is 0 Å². The number of anilines is 3. The van der Waals surface area contributed by atoms with E-state index in [1.165, 1.54) is 0 Å². The largest absolute Gasteiger partial charge is 0.381 e. The lowest BCUT2D eigenvalue weighted by Gasteiger charge is -2.28. The van der Waals surface area contributed by atoms with Crippen LogP contribution in [0.25, 0.3) is 33.5 Å². The average molecular weight is 513 g/mol. The molecule has 6 rings (SSSR count). The van der Waals surface area contributed by atoms with E-state index in [9.17, 15) is 4.79 Å². The fraction of sp³-hybridized carbons (Fsp3) is 0.333. The number of hydrogen-bond donors (Lipinski definition) is 2. The maximum absolute atomic E-state index is 12.7. The second-order valence-electron chi connectivity index (χ2n) is 9.35. The Balaban J connectivity index is 1.36. The third-order valence-corrected chi connectivity index (χ3v) is 6.81. The summed E-state index contributed by atoms with van der Waals surface area (Å²) in [5.41, 5.74) is 10.3. The molecule has 11 nitrogen and oxygen atoms in total. The molecule has 0 unspecified atom stereocenters. The number of hydrogen-bond acceptors (Lipinski definition) is 10. The Morgan fingerprint density at radius 2 is 1.63 bits per heavy atom.